The van der Waals surface area contributed by atoms with E-state index < -0.39 is 28.3 Å². The van der Waals surface area contributed by atoms with Crippen molar-refractivity contribution in [3.8, 4) is 11.5 Å². The van der Waals surface area contributed by atoms with Crippen LogP contribution in [-0.4, -0.2) is 52.3 Å². The predicted molar refractivity (Wildman–Crippen MR) is 130 cm³/mol. The number of piperidine rings is 1. The van der Waals surface area contributed by atoms with Crippen LogP contribution in [-0.2, 0) is 21.4 Å². The first-order chi connectivity index (χ1) is 16.4. The van der Waals surface area contributed by atoms with E-state index in [9.17, 15) is 24.6 Å². The average molecular weight is 487 g/mol. The Balaban J connectivity index is 1.75. The molecule has 190 valence electrons. The SMILES string of the molecule is Cc1cc(=O)c(O)c(C2(CC(=O)NCCc3ccc(O)cc3)CCN(C(=O)OC(C)(C)C)CC2)o1. The standard InChI is InChI=1S/C26H34N2O7/c1-17-15-20(30)22(32)23(34-17)26(10-13-28(14-11-26)24(33)35-25(2,3)4)16-21(31)27-12-9-18-5-7-19(29)8-6-18/h5-8,15,29,32H,9-14,16H2,1-4H3,(H,27,31). The van der Waals surface area contributed by atoms with Crippen molar-refractivity contribution in [3.63, 3.8) is 0 Å². The highest BCUT2D eigenvalue weighted by Gasteiger charge is 2.44. The average Bonchev–Trinajstić information content (AvgIpc) is 2.77. The summed E-state index contributed by atoms with van der Waals surface area (Å²) in [5.41, 5.74) is -1.18. The second-order valence-electron chi connectivity index (χ2n) is 10.1. The lowest BCUT2D eigenvalue weighted by molar-refractivity contribution is -0.123. The number of likely N-dealkylation sites (tertiary alicyclic amines) is 1. The van der Waals surface area contributed by atoms with E-state index in [2.05, 4.69) is 5.32 Å². The number of ether oxygens (including phenoxy) is 1. The summed E-state index contributed by atoms with van der Waals surface area (Å²) in [6, 6.07) is 7.96. The molecule has 9 nitrogen and oxygen atoms in total. The van der Waals surface area contributed by atoms with Gasteiger partial charge in [-0.05, 0) is 64.7 Å². The van der Waals surface area contributed by atoms with Gasteiger partial charge < -0.3 is 29.6 Å². The Morgan fingerprint density at radius 2 is 1.77 bits per heavy atom. The van der Waals surface area contributed by atoms with Crippen LogP contribution >= 0.6 is 0 Å². The van der Waals surface area contributed by atoms with Crippen molar-refractivity contribution in [1.29, 1.82) is 0 Å². The largest absolute Gasteiger partial charge is 0.508 e. The van der Waals surface area contributed by atoms with Crippen molar-refractivity contribution in [2.45, 2.75) is 64.4 Å². The molecule has 0 aliphatic carbocycles. The van der Waals surface area contributed by atoms with E-state index in [1.54, 1.807) is 56.9 Å². The van der Waals surface area contributed by atoms with Gasteiger partial charge in [-0.3, -0.25) is 9.59 Å². The molecular formula is C26H34N2O7. The van der Waals surface area contributed by atoms with Crippen LogP contribution in [0.3, 0.4) is 0 Å². The fourth-order valence-corrected chi connectivity index (χ4v) is 4.27. The normalized spacial score (nSPS) is 15.5. The monoisotopic (exact) mass is 486 g/mol. The van der Waals surface area contributed by atoms with Gasteiger partial charge in [-0.2, -0.15) is 0 Å². The van der Waals surface area contributed by atoms with Crippen molar-refractivity contribution in [2.75, 3.05) is 19.6 Å². The van der Waals surface area contributed by atoms with Crippen LogP contribution in [0.1, 0.15) is 57.1 Å². The molecule has 3 N–H and O–H groups in total. The minimum atomic E-state index is -0.948. The number of aromatic hydroxyl groups is 2. The Bertz CT molecular complexity index is 1110. The van der Waals surface area contributed by atoms with Gasteiger partial charge in [-0.1, -0.05) is 12.1 Å². The Kier molecular flexibility index (Phi) is 7.77. The number of phenols is 1. The number of hydrogen-bond donors (Lipinski definition) is 3. The van der Waals surface area contributed by atoms with E-state index in [4.69, 9.17) is 9.15 Å². The van der Waals surface area contributed by atoms with Crippen LogP contribution in [0.25, 0.3) is 0 Å². The molecule has 0 bridgehead atoms. The molecule has 3 rings (SSSR count). The molecule has 0 unspecified atom stereocenters. The third kappa shape index (κ3) is 6.77. The van der Waals surface area contributed by atoms with Gasteiger partial charge in [0.2, 0.25) is 17.1 Å². The molecule has 0 saturated carbocycles. The van der Waals surface area contributed by atoms with Gasteiger partial charge in [0, 0.05) is 37.5 Å². The van der Waals surface area contributed by atoms with E-state index in [1.165, 1.54) is 6.07 Å². The second-order valence-corrected chi connectivity index (χ2v) is 10.1. The summed E-state index contributed by atoms with van der Waals surface area (Å²) in [6.45, 7) is 7.95. The summed E-state index contributed by atoms with van der Waals surface area (Å²) >= 11 is 0. The minimum absolute atomic E-state index is 0.00924. The highest BCUT2D eigenvalue weighted by atomic mass is 16.6. The molecule has 35 heavy (non-hydrogen) atoms. The van der Waals surface area contributed by atoms with Gasteiger partial charge in [0.25, 0.3) is 0 Å². The van der Waals surface area contributed by atoms with Crippen molar-refractivity contribution >= 4 is 12.0 Å². The highest BCUT2D eigenvalue weighted by molar-refractivity contribution is 5.78. The second kappa shape index (κ2) is 10.4. The molecule has 2 aromatic rings. The van der Waals surface area contributed by atoms with E-state index >= 15 is 0 Å². The molecule has 2 amide bonds. The maximum Gasteiger partial charge on any atom is 0.410 e. The number of amides is 2. The summed E-state index contributed by atoms with van der Waals surface area (Å²) in [5, 5.41) is 22.9. The third-order valence-corrected chi connectivity index (χ3v) is 6.07. The van der Waals surface area contributed by atoms with Crippen LogP contribution < -0.4 is 10.7 Å². The van der Waals surface area contributed by atoms with Crippen molar-refractivity contribution in [1.82, 2.24) is 10.2 Å². The predicted octanol–water partition coefficient (Wildman–Crippen LogP) is 3.38. The molecule has 9 heteroatoms. The Morgan fingerprint density at radius 1 is 1.14 bits per heavy atom. The molecule has 1 aliphatic heterocycles. The van der Waals surface area contributed by atoms with E-state index in [0.717, 1.165) is 5.56 Å². The van der Waals surface area contributed by atoms with Gasteiger partial charge in [-0.25, -0.2) is 4.79 Å². The number of carbonyl (C=O) groups is 2. The first-order valence-electron chi connectivity index (χ1n) is 11.8. The minimum Gasteiger partial charge on any atom is -0.508 e. The van der Waals surface area contributed by atoms with Gasteiger partial charge in [-0.15, -0.1) is 0 Å². The molecule has 1 saturated heterocycles. The lowest BCUT2D eigenvalue weighted by Crippen LogP contribution is -2.48. The fraction of sp³-hybridized carbons (Fsp3) is 0.500. The van der Waals surface area contributed by atoms with Gasteiger partial charge in [0.1, 0.15) is 17.1 Å². The zero-order valence-electron chi connectivity index (χ0n) is 20.7. The summed E-state index contributed by atoms with van der Waals surface area (Å²) in [4.78, 5) is 39.4. The molecule has 1 aliphatic rings. The van der Waals surface area contributed by atoms with E-state index in [0.29, 0.717) is 31.6 Å². The van der Waals surface area contributed by atoms with Crippen LogP contribution in [0.2, 0.25) is 0 Å². The number of hydrogen-bond acceptors (Lipinski definition) is 7. The summed E-state index contributed by atoms with van der Waals surface area (Å²) in [6.07, 6.45) is 0.759. The van der Waals surface area contributed by atoms with Gasteiger partial charge in [0.15, 0.2) is 5.76 Å². The number of aryl methyl sites for hydroxylation is 1. The quantitative estimate of drug-likeness (QED) is 0.571. The van der Waals surface area contributed by atoms with Crippen LogP contribution in [0, 0.1) is 6.92 Å². The van der Waals surface area contributed by atoms with Gasteiger partial charge >= 0.3 is 6.09 Å². The molecule has 2 heterocycles. The number of phenolic OH excluding ortho intramolecular Hbond substituents is 1. The summed E-state index contributed by atoms with van der Waals surface area (Å²) in [7, 11) is 0. The lowest BCUT2D eigenvalue weighted by Gasteiger charge is -2.41. The van der Waals surface area contributed by atoms with E-state index in [-0.39, 0.29) is 36.9 Å². The molecule has 0 spiro atoms. The first-order valence-corrected chi connectivity index (χ1v) is 11.8. The van der Waals surface area contributed by atoms with E-state index in [1.807, 2.05) is 0 Å². The fourth-order valence-electron chi connectivity index (χ4n) is 4.27. The van der Waals surface area contributed by atoms with Gasteiger partial charge in [0.05, 0.1) is 0 Å². The number of rotatable bonds is 6. The Morgan fingerprint density at radius 3 is 2.37 bits per heavy atom. The lowest BCUT2D eigenvalue weighted by atomic mass is 9.72. The maximum absolute atomic E-state index is 13.0. The zero-order valence-corrected chi connectivity index (χ0v) is 20.7. The molecule has 1 aromatic heterocycles. The number of nitrogens with zero attached hydrogens (tertiary/aromatic N) is 1. The van der Waals surface area contributed by atoms with Crippen molar-refractivity contribution in [3.05, 3.63) is 57.6 Å². The Labute approximate surface area is 204 Å². The van der Waals surface area contributed by atoms with Crippen molar-refractivity contribution < 1.29 is 29.0 Å². The highest BCUT2D eigenvalue weighted by Crippen LogP contribution is 2.42. The number of nitrogens with one attached hydrogen (secondary N) is 1. The number of benzene rings is 1. The maximum atomic E-state index is 13.0. The topological polar surface area (TPSA) is 129 Å². The molecular weight excluding hydrogens is 452 g/mol. The Hall–Kier alpha value is -3.49. The van der Waals surface area contributed by atoms with Crippen LogP contribution in [0.5, 0.6) is 11.5 Å². The summed E-state index contributed by atoms with van der Waals surface area (Å²) in [5.74, 6) is -0.155. The smallest absolute Gasteiger partial charge is 0.410 e. The van der Waals surface area contributed by atoms with Crippen LogP contribution in [0.15, 0.2) is 39.5 Å². The number of carbonyl (C=O) groups excluding carboxylic acids is 2. The third-order valence-electron chi connectivity index (χ3n) is 6.07. The molecule has 0 radical (unpaired) electrons. The van der Waals surface area contributed by atoms with Crippen LogP contribution in [0.4, 0.5) is 4.79 Å². The zero-order chi connectivity index (χ0) is 25.8. The molecule has 0 atom stereocenters. The van der Waals surface area contributed by atoms with Crippen molar-refractivity contribution in [2.24, 2.45) is 0 Å². The first kappa shape index (κ1) is 26.1. The summed E-state index contributed by atoms with van der Waals surface area (Å²) < 4.78 is 11.3. The molecule has 1 aromatic carbocycles. The molecule has 1 fully saturated rings.